The lowest BCUT2D eigenvalue weighted by Gasteiger charge is -2.28. The molecule has 0 saturated heterocycles. The van der Waals surface area contributed by atoms with E-state index in [0.717, 1.165) is 6.54 Å². The van der Waals surface area contributed by atoms with Crippen molar-refractivity contribution in [1.29, 1.82) is 0 Å². The Kier molecular flexibility index (Phi) is 5.38. The van der Waals surface area contributed by atoms with Gasteiger partial charge in [0.2, 0.25) is 11.9 Å². The first-order chi connectivity index (χ1) is 9.72. The highest BCUT2D eigenvalue weighted by Crippen LogP contribution is 2.27. The average Bonchev–Trinajstić information content (AvgIpc) is 2.48. The summed E-state index contributed by atoms with van der Waals surface area (Å²) in [6, 6.07) is 0.714. The first-order valence-electron chi connectivity index (χ1n) is 7.53. The number of methoxy groups -OCH3 is 1. The summed E-state index contributed by atoms with van der Waals surface area (Å²) in [4.78, 5) is 12.8. The van der Waals surface area contributed by atoms with Crippen LogP contribution in [0.2, 0.25) is 0 Å². The Balaban J connectivity index is 2.04. The van der Waals surface area contributed by atoms with E-state index in [4.69, 9.17) is 4.74 Å². The fourth-order valence-corrected chi connectivity index (χ4v) is 2.71. The highest BCUT2D eigenvalue weighted by atomic mass is 16.5. The van der Waals surface area contributed by atoms with Crippen LogP contribution >= 0.6 is 0 Å². The van der Waals surface area contributed by atoms with Gasteiger partial charge in [-0.25, -0.2) is 0 Å². The predicted octanol–water partition coefficient (Wildman–Crippen LogP) is 2.69. The molecule has 0 aromatic carbocycles. The van der Waals surface area contributed by atoms with Crippen LogP contribution in [-0.4, -0.2) is 34.6 Å². The maximum absolute atomic E-state index is 5.13. The third-order valence-corrected chi connectivity index (χ3v) is 3.85. The second-order valence-corrected chi connectivity index (χ2v) is 5.33. The van der Waals surface area contributed by atoms with Gasteiger partial charge in [0.05, 0.1) is 7.11 Å². The summed E-state index contributed by atoms with van der Waals surface area (Å²) in [7, 11) is 1.57. The number of hydrogen-bond donors (Lipinski definition) is 2. The molecular weight excluding hydrogens is 254 g/mol. The normalized spacial score (nSPS) is 17.6. The molecule has 0 radical (unpaired) electrons. The van der Waals surface area contributed by atoms with Gasteiger partial charge in [0, 0.05) is 12.6 Å². The predicted molar refractivity (Wildman–Crippen MR) is 80.2 cm³/mol. The molecule has 1 aliphatic rings. The van der Waals surface area contributed by atoms with Gasteiger partial charge < -0.3 is 15.4 Å². The van der Waals surface area contributed by atoms with Gasteiger partial charge in [-0.05, 0) is 32.6 Å². The van der Waals surface area contributed by atoms with Crippen LogP contribution in [0.25, 0.3) is 0 Å². The topological polar surface area (TPSA) is 72.0 Å². The smallest absolute Gasteiger partial charge is 0.322 e. The maximum Gasteiger partial charge on any atom is 0.322 e. The summed E-state index contributed by atoms with van der Waals surface area (Å²) in [6.45, 7) is 4.98. The maximum atomic E-state index is 5.13. The van der Waals surface area contributed by atoms with Crippen LogP contribution in [0.1, 0.15) is 46.0 Å². The van der Waals surface area contributed by atoms with Crippen LogP contribution in [0, 0.1) is 5.92 Å². The van der Waals surface area contributed by atoms with E-state index in [-0.39, 0.29) is 0 Å². The molecule has 0 amide bonds. The Bertz CT molecular complexity index is 420. The molecule has 6 heteroatoms. The van der Waals surface area contributed by atoms with Crippen LogP contribution < -0.4 is 15.4 Å². The summed E-state index contributed by atoms with van der Waals surface area (Å²) in [5.74, 6) is 1.85. The number of nitrogens with one attached hydrogen (secondary N) is 2. The van der Waals surface area contributed by atoms with Crippen molar-refractivity contribution in [3.8, 4) is 6.01 Å². The molecule has 20 heavy (non-hydrogen) atoms. The van der Waals surface area contributed by atoms with E-state index >= 15 is 0 Å². The van der Waals surface area contributed by atoms with Crippen molar-refractivity contribution in [2.45, 2.75) is 52.0 Å². The lowest BCUT2D eigenvalue weighted by atomic mass is 9.85. The van der Waals surface area contributed by atoms with Crippen LogP contribution in [0.15, 0.2) is 0 Å². The molecule has 0 bridgehead atoms. The molecule has 1 atom stereocenters. The van der Waals surface area contributed by atoms with E-state index in [0.29, 0.717) is 29.9 Å². The molecule has 1 aromatic rings. The average molecular weight is 279 g/mol. The van der Waals surface area contributed by atoms with Crippen LogP contribution in [-0.2, 0) is 0 Å². The van der Waals surface area contributed by atoms with Gasteiger partial charge in [-0.1, -0.05) is 19.3 Å². The third-order valence-electron chi connectivity index (χ3n) is 3.85. The molecule has 0 aliphatic heterocycles. The van der Waals surface area contributed by atoms with Gasteiger partial charge in [0.1, 0.15) is 0 Å². The van der Waals surface area contributed by atoms with E-state index in [1.165, 1.54) is 32.1 Å². The van der Waals surface area contributed by atoms with Gasteiger partial charge in [-0.3, -0.25) is 0 Å². The third kappa shape index (κ3) is 3.95. The zero-order chi connectivity index (χ0) is 14.4. The van der Waals surface area contributed by atoms with Crippen molar-refractivity contribution >= 4 is 11.9 Å². The minimum absolute atomic E-state index is 0.342. The number of rotatable bonds is 6. The SMILES string of the molecule is CCNc1nc(NC(C)C2CCCCC2)nc(OC)n1. The Labute approximate surface area is 120 Å². The van der Waals surface area contributed by atoms with Crippen LogP contribution in [0.5, 0.6) is 6.01 Å². The zero-order valence-corrected chi connectivity index (χ0v) is 12.6. The molecule has 1 unspecified atom stereocenters. The minimum Gasteiger partial charge on any atom is -0.467 e. The monoisotopic (exact) mass is 279 g/mol. The van der Waals surface area contributed by atoms with Crippen LogP contribution in [0.3, 0.4) is 0 Å². The first kappa shape index (κ1) is 14.8. The lowest BCUT2D eigenvalue weighted by molar-refractivity contribution is 0.327. The number of nitrogens with zero attached hydrogens (tertiary/aromatic N) is 3. The number of hydrogen-bond acceptors (Lipinski definition) is 6. The first-order valence-corrected chi connectivity index (χ1v) is 7.53. The van der Waals surface area contributed by atoms with Crippen molar-refractivity contribution in [2.75, 3.05) is 24.3 Å². The van der Waals surface area contributed by atoms with E-state index in [2.05, 4.69) is 32.5 Å². The minimum atomic E-state index is 0.342. The fraction of sp³-hybridized carbons (Fsp3) is 0.786. The standard InChI is InChI=1S/C14H25N5O/c1-4-15-12-17-13(19-14(18-12)20-3)16-10(2)11-8-6-5-7-9-11/h10-11H,4-9H2,1-3H3,(H2,15,16,17,18,19). The van der Waals surface area contributed by atoms with Gasteiger partial charge in [-0.2, -0.15) is 15.0 Å². The Morgan fingerprint density at radius 2 is 1.85 bits per heavy atom. The fourth-order valence-electron chi connectivity index (χ4n) is 2.71. The van der Waals surface area contributed by atoms with Gasteiger partial charge >= 0.3 is 6.01 Å². The largest absolute Gasteiger partial charge is 0.467 e. The van der Waals surface area contributed by atoms with Crippen molar-refractivity contribution in [1.82, 2.24) is 15.0 Å². The molecule has 2 rings (SSSR count). The molecule has 1 saturated carbocycles. The zero-order valence-electron chi connectivity index (χ0n) is 12.6. The molecule has 112 valence electrons. The second kappa shape index (κ2) is 7.26. The number of ether oxygens (including phenoxy) is 1. The Morgan fingerprint density at radius 1 is 1.15 bits per heavy atom. The quantitative estimate of drug-likeness (QED) is 0.834. The second-order valence-electron chi connectivity index (χ2n) is 5.33. The number of aromatic nitrogens is 3. The van der Waals surface area contributed by atoms with Crippen molar-refractivity contribution < 1.29 is 4.74 Å². The molecule has 1 aliphatic carbocycles. The summed E-state index contributed by atoms with van der Waals surface area (Å²) in [6.07, 6.45) is 6.61. The van der Waals surface area contributed by atoms with Crippen molar-refractivity contribution in [3.05, 3.63) is 0 Å². The Morgan fingerprint density at radius 3 is 2.50 bits per heavy atom. The highest BCUT2D eigenvalue weighted by molar-refractivity contribution is 5.36. The summed E-state index contributed by atoms with van der Waals surface area (Å²) >= 11 is 0. The molecule has 1 heterocycles. The summed E-state index contributed by atoms with van der Waals surface area (Å²) in [5, 5.41) is 6.50. The van der Waals surface area contributed by atoms with Crippen molar-refractivity contribution in [3.63, 3.8) is 0 Å². The summed E-state index contributed by atoms with van der Waals surface area (Å²) in [5.41, 5.74) is 0. The molecule has 1 aromatic heterocycles. The lowest BCUT2D eigenvalue weighted by Crippen LogP contribution is -2.28. The molecule has 0 spiro atoms. The van der Waals surface area contributed by atoms with Gasteiger partial charge in [0.15, 0.2) is 0 Å². The molecule has 6 nitrogen and oxygen atoms in total. The van der Waals surface area contributed by atoms with E-state index in [9.17, 15) is 0 Å². The molecule has 1 fully saturated rings. The Hall–Kier alpha value is -1.59. The van der Waals surface area contributed by atoms with E-state index < -0.39 is 0 Å². The number of anilines is 2. The van der Waals surface area contributed by atoms with E-state index in [1.807, 2.05) is 6.92 Å². The van der Waals surface area contributed by atoms with E-state index in [1.54, 1.807) is 7.11 Å². The van der Waals surface area contributed by atoms with Crippen molar-refractivity contribution in [2.24, 2.45) is 5.92 Å². The molecule has 2 N–H and O–H groups in total. The molecular formula is C14H25N5O. The van der Waals surface area contributed by atoms with Crippen LogP contribution in [0.4, 0.5) is 11.9 Å². The van der Waals surface area contributed by atoms with Gasteiger partial charge in [0.25, 0.3) is 0 Å². The highest BCUT2D eigenvalue weighted by Gasteiger charge is 2.21. The summed E-state index contributed by atoms with van der Waals surface area (Å²) < 4.78 is 5.13. The van der Waals surface area contributed by atoms with Gasteiger partial charge in [-0.15, -0.1) is 0 Å².